The zero-order valence-corrected chi connectivity index (χ0v) is 30.8. The Morgan fingerprint density at radius 2 is 1.15 bits per heavy atom. The van der Waals surface area contributed by atoms with Crippen molar-refractivity contribution in [2.24, 2.45) is 0 Å². The molecule has 1 aliphatic rings. The van der Waals surface area contributed by atoms with Gasteiger partial charge in [-0.25, -0.2) is 0 Å². The predicted octanol–water partition coefficient (Wildman–Crippen LogP) is 6.42. The van der Waals surface area contributed by atoms with Crippen molar-refractivity contribution in [3.05, 3.63) is 113 Å². The van der Waals surface area contributed by atoms with E-state index in [-0.39, 0.29) is 17.9 Å². The zero-order valence-electron chi connectivity index (χ0n) is 30.1. The lowest BCUT2D eigenvalue weighted by Gasteiger charge is -2.18. The molecule has 1 aliphatic heterocycles. The maximum atomic E-state index is 11.9. The lowest BCUT2D eigenvalue weighted by molar-refractivity contribution is 0.0642. The molecule has 4 unspecified atom stereocenters. The average molecular weight is 667 g/mol. The summed E-state index contributed by atoms with van der Waals surface area (Å²) >= 11 is 5.77. The van der Waals surface area contributed by atoms with Crippen molar-refractivity contribution in [1.82, 2.24) is 31.2 Å². The minimum Gasteiger partial charge on any atom is -0.317 e. The van der Waals surface area contributed by atoms with E-state index in [1.807, 2.05) is 59.5 Å². The van der Waals surface area contributed by atoms with Gasteiger partial charge in [0.05, 0.1) is 11.1 Å². The first-order valence-electron chi connectivity index (χ1n) is 16.3. The summed E-state index contributed by atoms with van der Waals surface area (Å²) in [5.41, 5.74) is 3.63. The molecule has 3 aromatic rings. The largest absolute Gasteiger partial charge is 0.317 e. The number of likely N-dealkylation sites (N-methyl/N-ethyl adjacent to an activating group) is 3. The van der Waals surface area contributed by atoms with E-state index < -0.39 is 0 Å². The third kappa shape index (κ3) is 17.4. The molecule has 9 heteroatoms. The van der Waals surface area contributed by atoms with Crippen molar-refractivity contribution in [1.29, 1.82) is 0 Å². The Morgan fingerprint density at radius 1 is 0.681 bits per heavy atom. The van der Waals surface area contributed by atoms with Crippen LogP contribution in [-0.2, 0) is 12.8 Å². The van der Waals surface area contributed by atoms with E-state index in [0.717, 1.165) is 17.9 Å². The van der Waals surface area contributed by atoms with Gasteiger partial charge in [0.1, 0.15) is 0 Å². The number of nitrogens with zero attached hydrogens (tertiary/aromatic N) is 2. The molecule has 260 valence electrons. The minimum absolute atomic E-state index is 0.0993. The van der Waals surface area contributed by atoms with E-state index >= 15 is 0 Å². The average Bonchev–Trinajstić information content (AvgIpc) is 3.35. The van der Waals surface area contributed by atoms with Gasteiger partial charge in [-0.2, -0.15) is 0 Å². The molecule has 0 bridgehead atoms. The van der Waals surface area contributed by atoms with Gasteiger partial charge in [-0.3, -0.25) is 19.5 Å². The summed E-state index contributed by atoms with van der Waals surface area (Å²) in [4.78, 5) is 29.2. The second-order valence-corrected chi connectivity index (χ2v) is 11.8. The number of fused-ring (bicyclic) bond motifs is 1. The molecular formula is C38H59ClN6O2. The van der Waals surface area contributed by atoms with Crippen LogP contribution in [0.4, 0.5) is 0 Å². The van der Waals surface area contributed by atoms with Gasteiger partial charge in [-0.05, 0) is 117 Å². The molecule has 0 spiro atoms. The molecule has 8 nitrogen and oxygen atoms in total. The van der Waals surface area contributed by atoms with Crippen molar-refractivity contribution in [2.75, 3.05) is 34.7 Å². The van der Waals surface area contributed by atoms with Crippen LogP contribution in [0.5, 0.6) is 0 Å². The number of pyridine rings is 1. The van der Waals surface area contributed by atoms with Gasteiger partial charge in [-0.15, -0.1) is 13.2 Å². The van der Waals surface area contributed by atoms with Gasteiger partial charge in [0.15, 0.2) is 0 Å². The van der Waals surface area contributed by atoms with Crippen molar-refractivity contribution in [3.8, 4) is 0 Å². The second-order valence-electron chi connectivity index (χ2n) is 11.3. The van der Waals surface area contributed by atoms with Crippen molar-refractivity contribution < 1.29 is 9.59 Å². The first-order chi connectivity index (χ1) is 22.5. The van der Waals surface area contributed by atoms with E-state index in [4.69, 9.17) is 11.6 Å². The highest BCUT2D eigenvalue weighted by Gasteiger charge is 2.35. The van der Waals surface area contributed by atoms with Gasteiger partial charge < -0.3 is 21.3 Å². The Kier molecular flexibility index (Phi) is 23.8. The van der Waals surface area contributed by atoms with E-state index in [1.165, 1.54) is 22.4 Å². The molecule has 4 N–H and O–H groups in total. The van der Waals surface area contributed by atoms with Gasteiger partial charge in [0.25, 0.3) is 11.8 Å². The molecule has 0 aliphatic carbocycles. The fourth-order valence-corrected chi connectivity index (χ4v) is 4.15. The number of carbonyl (C=O) groups excluding carboxylic acids is 2. The molecular weight excluding hydrogens is 608 g/mol. The van der Waals surface area contributed by atoms with Crippen molar-refractivity contribution in [3.63, 3.8) is 0 Å². The molecule has 0 saturated heterocycles. The smallest absolute Gasteiger partial charge is 0.261 e. The van der Waals surface area contributed by atoms with Crippen LogP contribution >= 0.6 is 11.6 Å². The van der Waals surface area contributed by atoms with Crippen LogP contribution in [0, 0.1) is 0 Å². The fraction of sp³-hybridized carbons (Fsp3) is 0.447. The standard InChI is InChI=1S/C12H14N2O2.C10H14ClN.C9H14N2.C5H13N.C2H4/c1-8(13-2)7-14-11(15)9-5-3-4-6-10(9)12(14)16;1-8(12-2)7-9-3-5-10(11)6-4-9;1-8(10-2)6-9-4-3-5-11-7-9;1-4-5(2)6-3;1-2/h3-6,8,13H,7H2,1-2H3;3-6,8,12H,7H2,1-2H3;3-5,7-8,10H,6H2,1-2H3;5-6H,4H2,1-3H3;1-2H2. The molecule has 0 radical (unpaired) electrons. The Balaban J connectivity index is 0.000000617. The van der Waals surface area contributed by atoms with Crippen LogP contribution < -0.4 is 21.3 Å². The van der Waals surface area contributed by atoms with E-state index in [9.17, 15) is 9.59 Å². The number of imide groups is 1. The summed E-state index contributed by atoms with van der Waals surface area (Å²) in [5, 5.41) is 13.3. The second kappa shape index (κ2) is 25.7. The molecule has 2 aromatic carbocycles. The summed E-state index contributed by atoms with van der Waals surface area (Å²) < 4.78 is 0. The molecule has 2 amide bonds. The predicted molar refractivity (Wildman–Crippen MR) is 201 cm³/mol. The third-order valence-corrected chi connectivity index (χ3v) is 7.89. The molecule has 4 rings (SSSR count). The van der Waals surface area contributed by atoms with Crippen LogP contribution in [0.25, 0.3) is 0 Å². The maximum Gasteiger partial charge on any atom is 0.261 e. The molecule has 0 fully saturated rings. The van der Waals surface area contributed by atoms with Gasteiger partial charge in [-0.1, -0.05) is 48.9 Å². The molecule has 1 aromatic heterocycles. The summed E-state index contributed by atoms with van der Waals surface area (Å²) in [5.74, 6) is -0.384. The number of hydrogen-bond donors (Lipinski definition) is 4. The Bertz CT molecular complexity index is 1220. The minimum atomic E-state index is -0.192. The SMILES string of the molecule is C=C.CCC(C)NC.CNC(C)CN1C(=O)c2ccccc2C1=O.CNC(C)Cc1ccc(Cl)cc1.CNC(C)Cc1cccnc1. The summed E-state index contributed by atoms with van der Waals surface area (Å²) in [6.45, 7) is 17.0. The lowest BCUT2D eigenvalue weighted by Crippen LogP contribution is -2.40. The summed E-state index contributed by atoms with van der Waals surface area (Å²) in [6, 6.07) is 20.8. The van der Waals surface area contributed by atoms with Crippen molar-refractivity contribution >= 4 is 23.4 Å². The van der Waals surface area contributed by atoms with E-state index in [1.54, 1.807) is 30.5 Å². The van der Waals surface area contributed by atoms with Crippen LogP contribution in [0.2, 0.25) is 5.02 Å². The zero-order chi connectivity index (χ0) is 35.8. The third-order valence-electron chi connectivity index (χ3n) is 7.64. The number of amides is 2. The Labute approximate surface area is 289 Å². The molecule has 47 heavy (non-hydrogen) atoms. The highest BCUT2D eigenvalue weighted by Crippen LogP contribution is 2.22. The number of rotatable bonds is 11. The first-order valence-corrected chi connectivity index (χ1v) is 16.7. The number of carbonyl (C=O) groups is 2. The number of benzene rings is 2. The normalized spacial score (nSPS) is 13.9. The lowest BCUT2D eigenvalue weighted by atomic mass is 10.1. The summed E-state index contributed by atoms with van der Waals surface area (Å²) in [6.07, 6.45) is 7.02. The van der Waals surface area contributed by atoms with Gasteiger partial charge >= 0.3 is 0 Å². The molecule has 4 atom stereocenters. The maximum absolute atomic E-state index is 11.9. The molecule has 0 saturated carbocycles. The Hall–Kier alpha value is -3.40. The monoisotopic (exact) mass is 666 g/mol. The Morgan fingerprint density at radius 3 is 1.53 bits per heavy atom. The van der Waals surface area contributed by atoms with E-state index in [0.29, 0.717) is 35.8 Å². The van der Waals surface area contributed by atoms with Crippen LogP contribution in [0.3, 0.4) is 0 Å². The van der Waals surface area contributed by atoms with Crippen LogP contribution in [0.1, 0.15) is 72.9 Å². The fourth-order valence-electron chi connectivity index (χ4n) is 4.02. The van der Waals surface area contributed by atoms with Gasteiger partial charge in [0, 0.05) is 48.1 Å². The highest BCUT2D eigenvalue weighted by atomic mass is 35.5. The first kappa shape index (κ1) is 43.6. The van der Waals surface area contributed by atoms with Gasteiger partial charge in [0.2, 0.25) is 0 Å². The molecule has 2 heterocycles. The number of halogens is 1. The number of aromatic nitrogens is 1. The number of nitrogens with one attached hydrogen (secondary N) is 4. The van der Waals surface area contributed by atoms with Crippen LogP contribution in [0.15, 0.2) is 86.2 Å². The summed E-state index contributed by atoms with van der Waals surface area (Å²) in [7, 11) is 7.73. The topological polar surface area (TPSA) is 98.4 Å². The quantitative estimate of drug-likeness (QED) is 0.139. The number of hydrogen-bond acceptors (Lipinski definition) is 7. The van der Waals surface area contributed by atoms with Crippen molar-refractivity contribution in [2.45, 2.75) is 78.0 Å². The van der Waals surface area contributed by atoms with Crippen LogP contribution in [-0.4, -0.2) is 80.6 Å². The van der Waals surface area contributed by atoms with E-state index in [2.05, 4.69) is 85.3 Å². The highest BCUT2D eigenvalue weighted by molar-refractivity contribution is 6.30.